The molecule has 1 unspecified atom stereocenters. The van der Waals surface area contributed by atoms with Gasteiger partial charge in [-0.3, -0.25) is 0 Å². The minimum atomic E-state index is 0.218. The molecule has 0 amide bonds. The largest absolute Gasteiger partial charge is 0.480 e. The van der Waals surface area contributed by atoms with E-state index in [0.717, 1.165) is 22.5 Å². The average molecular weight is 220 g/mol. The molecule has 0 N–H and O–H groups in total. The molecule has 0 spiro atoms. The predicted molar refractivity (Wildman–Crippen MR) is 54.4 cm³/mol. The molecule has 0 aliphatic carbocycles. The van der Waals surface area contributed by atoms with Gasteiger partial charge < -0.3 is 14.2 Å². The summed E-state index contributed by atoms with van der Waals surface area (Å²) in [6, 6.07) is 0. The van der Waals surface area contributed by atoms with Crippen LogP contribution in [0.2, 0.25) is 0 Å². The molecule has 13 heavy (non-hydrogen) atoms. The number of hydrogen-bond donors (Lipinski definition) is 0. The second-order valence-corrected chi connectivity index (χ2v) is 4.71. The first-order chi connectivity index (χ1) is 6.40. The Labute approximate surface area is 86.2 Å². The van der Waals surface area contributed by atoms with Crippen molar-refractivity contribution in [2.75, 3.05) is 25.6 Å². The van der Waals surface area contributed by atoms with Crippen LogP contribution in [-0.2, 0) is 14.2 Å². The van der Waals surface area contributed by atoms with E-state index in [1.807, 2.05) is 6.92 Å². The van der Waals surface area contributed by atoms with Crippen molar-refractivity contribution in [1.82, 2.24) is 0 Å². The monoisotopic (exact) mass is 220 g/mol. The molecule has 0 aromatic heterocycles. The third-order valence-electron chi connectivity index (χ3n) is 1.66. The van der Waals surface area contributed by atoms with Crippen molar-refractivity contribution in [2.24, 2.45) is 0 Å². The van der Waals surface area contributed by atoms with Gasteiger partial charge in [0.15, 0.2) is 0 Å². The van der Waals surface area contributed by atoms with Gasteiger partial charge in [-0.1, -0.05) is 23.5 Å². The maximum Gasteiger partial charge on any atom is 0.205 e. The molecule has 2 aliphatic rings. The van der Waals surface area contributed by atoms with Gasteiger partial charge >= 0.3 is 0 Å². The highest BCUT2D eigenvalue weighted by atomic mass is 32.2. The number of hydrogen-bond acceptors (Lipinski definition) is 5. The van der Waals surface area contributed by atoms with Crippen molar-refractivity contribution < 1.29 is 14.2 Å². The zero-order valence-corrected chi connectivity index (χ0v) is 9.08. The summed E-state index contributed by atoms with van der Waals surface area (Å²) in [5.74, 6) is 0.945. The van der Waals surface area contributed by atoms with Crippen molar-refractivity contribution in [3.05, 3.63) is 10.2 Å². The van der Waals surface area contributed by atoms with Crippen molar-refractivity contribution >= 4 is 23.5 Å². The lowest BCUT2D eigenvalue weighted by molar-refractivity contribution is 0.0889. The molecule has 0 saturated carbocycles. The first-order valence-corrected chi connectivity index (χ1v) is 6.17. The second-order valence-electron chi connectivity index (χ2n) is 2.59. The summed E-state index contributed by atoms with van der Waals surface area (Å²) in [5.41, 5.74) is 0.218. The smallest absolute Gasteiger partial charge is 0.205 e. The maximum absolute atomic E-state index is 5.50. The van der Waals surface area contributed by atoms with Crippen LogP contribution in [0.25, 0.3) is 0 Å². The molecule has 3 nitrogen and oxygen atoms in total. The van der Waals surface area contributed by atoms with Gasteiger partial charge in [-0.25, -0.2) is 0 Å². The van der Waals surface area contributed by atoms with E-state index >= 15 is 0 Å². The summed E-state index contributed by atoms with van der Waals surface area (Å²) in [4.78, 5) is 0. The third-order valence-corrected chi connectivity index (χ3v) is 4.12. The maximum atomic E-state index is 5.50. The van der Waals surface area contributed by atoms with Crippen LogP contribution in [0.4, 0.5) is 0 Å². The zero-order valence-electron chi connectivity index (χ0n) is 7.45. The third kappa shape index (κ3) is 2.27. The Morgan fingerprint density at radius 3 is 2.92 bits per heavy atom. The SMILES string of the molecule is CCOC1CSC2=C(OCCO2)S1. The van der Waals surface area contributed by atoms with E-state index in [0.29, 0.717) is 13.2 Å². The van der Waals surface area contributed by atoms with Crippen molar-refractivity contribution in [1.29, 1.82) is 0 Å². The molecule has 0 bridgehead atoms. The summed E-state index contributed by atoms with van der Waals surface area (Å²) in [5, 5.41) is 1.84. The Morgan fingerprint density at radius 1 is 1.38 bits per heavy atom. The van der Waals surface area contributed by atoms with Gasteiger partial charge in [-0.05, 0) is 6.92 Å². The summed E-state index contributed by atoms with van der Waals surface area (Å²) in [6.07, 6.45) is 0. The highest BCUT2D eigenvalue weighted by Gasteiger charge is 2.27. The van der Waals surface area contributed by atoms with Crippen LogP contribution in [0.5, 0.6) is 0 Å². The fraction of sp³-hybridized carbons (Fsp3) is 0.750. The molecule has 2 heterocycles. The highest BCUT2D eigenvalue weighted by Crippen LogP contribution is 2.41. The van der Waals surface area contributed by atoms with Crippen LogP contribution in [0.15, 0.2) is 10.2 Å². The Kier molecular flexibility index (Phi) is 3.29. The normalized spacial score (nSPS) is 27.6. The molecule has 5 heteroatoms. The van der Waals surface area contributed by atoms with Crippen LogP contribution in [0.1, 0.15) is 6.92 Å². The summed E-state index contributed by atoms with van der Waals surface area (Å²) >= 11 is 3.31. The van der Waals surface area contributed by atoms with E-state index in [1.54, 1.807) is 23.5 Å². The summed E-state index contributed by atoms with van der Waals surface area (Å²) in [7, 11) is 0. The lowest BCUT2D eigenvalue weighted by Gasteiger charge is -2.28. The van der Waals surface area contributed by atoms with Gasteiger partial charge in [0.2, 0.25) is 10.2 Å². The molecule has 2 rings (SSSR count). The highest BCUT2D eigenvalue weighted by molar-refractivity contribution is 8.10. The molecule has 74 valence electrons. The fourth-order valence-electron chi connectivity index (χ4n) is 1.13. The van der Waals surface area contributed by atoms with E-state index in [-0.39, 0.29) is 5.44 Å². The molecule has 0 saturated heterocycles. The van der Waals surface area contributed by atoms with E-state index in [1.165, 1.54) is 0 Å². The van der Waals surface area contributed by atoms with Crippen molar-refractivity contribution in [3.8, 4) is 0 Å². The fourth-order valence-corrected chi connectivity index (χ4v) is 3.41. The van der Waals surface area contributed by atoms with E-state index in [9.17, 15) is 0 Å². The van der Waals surface area contributed by atoms with Crippen LogP contribution in [0, 0.1) is 0 Å². The molecule has 1 atom stereocenters. The standard InChI is InChI=1S/C8H12O3S2/c1-2-9-6-5-12-7-8(13-6)11-4-3-10-7/h6H,2-5H2,1H3. The van der Waals surface area contributed by atoms with E-state index < -0.39 is 0 Å². The van der Waals surface area contributed by atoms with Crippen LogP contribution < -0.4 is 0 Å². The van der Waals surface area contributed by atoms with Gasteiger partial charge in [0.05, 0.1) is 0 Å². The van der Waals surface area contributed by atoms with Crippen LogP contribution >= 0.6 is 23.5 Å². The Morgan fingerprint density at radius 2 is 2.15 bits per heavy atom. The zero-order chi connectivity index (χ0) is 9.10. The van der Waals surface area contributed by atoms with E-state index in [2.05, 4.69) is 0 Å². The molecule has 0 aromatic rings. The Balaban J connectivity index is 1.97. The second kappa shape index (κ2) is 4.48. The molecule has 0 radical (unpaired) electrons. The molecule has 2 aliphatic heterocycles. The molecular formula is C8H12O3S2. The van der Waals surface area contributed by atoms with Crippen LogP contribution in [0.3, 0.4) is 0 Å². The number of thioether (sulfide) groups is 2. The summed E-state index contributed by atoms with van der Waals surface area (Å²) in [6.45, 7) is 4.09. The Hall–Kier alpha value is -0.0000000000000000555. The minimum absolute atomic E-state index is 0.218. The Bertz CT molecular complexity index is 217. The predicted octanol–water partition coefficient (Wildman–Crippen LogP) is 2.00. The van der Waals surface area contributed by atoms with Gasteiger partial charge in [0.25, 0.3) is 0 Å². The van der Waals surface area contributed by atoms with Crippen molar-refractivity contribution in [3.63, 3.8) is 0 Å². The van der Waals surface area contributed by atoms with Crippen LogP contribution in [-0.4, -0.2) is 31.0 Å². The lowest BCUT2D eigenvalue weighted by Crippen LogP contribution is -2.21. The lowest BCUT2D eigenvalue weighted by atomic mass is 10.7. The van der Waals surface area contributed by atoms with Crippen molar-refractivity contribution in [2.45, 2.75) is 12.4 Å². The average Bonchev–Trinajstić information content (AvgIpc) is 2.18. The van der Waals surface area contributed by atoms with E-state index in [4.69, 9.17) is 14.2 Å². The first kappa shape index (κ1) is 9.55. The first-order valence-electron chi connectivity index (χ1n) is 4.31. The molecule has 0 fully saturated rings. The topological polar surface area (TPSA) is 27.7 Å². The van der Waals surface area contributed by atoms with Gasteiger partial charge in [0, 0.05) is 12.4 Å². The molecule has 0 aromatic carbocycles. The minimum Gasteiger partial charge on any atom is -0.480 e. The van der Waals surface area contributed by atoms with Gasteiger partial charge in [-0.15, -0.1) is 0 Å². The van der Waals surface area contributed by atoms with Gasteiger partial charge in [-0.2, -0.15) is 0 Å². The van der Waals surface area contributed by atoms with Gasteiger partial charge in [0.1, 0.15) is 18.6 Å². The molecular weight excluding hydrogens is 208 g/mol. The quantitative estimate of drug-likeness (QED) is 0.709. The number of rotatable bonds is 2. The summed E-state index contributed by atoms with van der Waals surface area (Å²) < 4.78 is 16.4. The number of ether oxygens (including phenoxy) is 3.